The summed E-state index contributed by atoms with van der Waals surface area (Å²) in [6, 6.07) is 0. The Morgan fingerprint density at radius 3 is 1.79 bits per heavy atom. The first-order chi connectivity index (χ1) is 11.2. The van der Waals surface area contributed by atoms with Crippen LogP contribution < -0.4 is 0 Å². The summed E-state index contributed by atoms with van der Waals surface area (Å²) in [5.74, 6) is -0.490. The van der Waals surface area contributed by atoms with Gasteiger partial charge in [0.2, 0.25) is 0 Å². The van der Waals surface area contributed by atoms with Gasteiger partial charge >= 0.3 is 11.9 Å². The molecule has 5 nitrogen and oxygen atoms in total. The third-order valence-electron chi connectivity index (χ3n) is 4.65. The molecule has 3 unspecified atom stereocenters. The SMILES string of the molecule is CCC(CC(O)CC(CC)OC(=O)C[P+](C)(CC)CC)OC(C)=O. The quantitative estimate of drug-likeness (QED) is 0.424. The lowest BCUT2D eigenvalue weighted by atomic mass is 10.0. The third kappa shape index (κ3) is 9.58. The van der Waals surface area contributed by atoms with E-state index >= 15 is 0 Å². The van der Waals surface area contributed by atoms with Crippen LogP contribution in [0.3, 0.4) is 0 Å². The Morgan fingerprint density at radius 1 is 0.958 bits per heavy atom. The van der Waals surface area contributed by atoms with Gasteiger partial charge in [-0.25, -0.2) is 4.79 Å². The molecule has 0 aromatic carbocycles. The van der Waals surface area contributed by atoms with Gasteiger partial charge in [0, 0.05) is 33.7 Å². The second-order valence-corrected chi connectivity index (χ2v) is 11.5. The number of aliphatic hydroxyl groups is 1. The van der Waals surface area contributed by atoms with Crippen molar-refractivity contribution in [2.75, 3.05) is 25.2 Å². The summed E-state index contributed by atoms with van der Waals surface area (Å²) in [7, 11) is -1.23. The Morgan fingerprint density at radius 2 is 1.42 bits per heavy atom. The van der Waals surface area contributed by atoms with Crippen LogP contribution >= 0.6 is 7.26 Å². The molecule has 0 saturated carbocycles. The van der Waals surface area contributed by atoms with Crippen LogP contribution in [-0.2, 0) is 19.1 Å². The molecule has 0 fully saturated rings. The van der Waals surface area contributed by atoms with Gasteiger partial charge in [0.25, 0.3) is 0 Å². The van der Waals surface area contributed by atoms with E-state index in [2.05, 4.69) is 20.5 Å². The molecule has 0 radical (unpaired) electrons. The van der Waals surface area contributed by atoms with Gasteiger partial charge in [0.05, 0.1) is 18.4 Å². The number of esters is 2. The van der Waals surface area contributed by atoms with Crippen molar-refractivity contribution in [3.8, 4) is 0 Å². The van der Waals surface area contributed by atoms with Crippen molar-refractivity contribution in [2.45, 2.75) is 78.6 Å². The molecular weight excluding hydrogens is 327 g/mol. The van der Waals surface area contributed by atoms with Gasteiger partial charge in [0.1, 0.15) is 12.2 Å². The molecule has 0 amide bonds. The first-order valence-corrected chi connectivity index (χ1v) is 11.9. The van der Waals surface area contributed by atoms with Crippen molar-refractivity contribution in [3.63, 3.8) is 0 Å². The minimum absolute atomic E-state index is 0.152. The number of carbonyl (C=O) groups excluding carboxylic acids is 2. The number of hydrogen-bond acceptors (Lipinski definition) is 5. The van der Waals surface area contributed by atoms with Crippen LogP contribution in [0.5, 0.6) is 0 Å². The zero-order valence-corrected chi connectivity index (χ0v) is 17.1. The fourth-order valence-electron chi connectivity index (χ4n) is 2.52. The number of hydrogen-bond donors (Lipinski definition) is 1. The van der Waals surface area contributed by atoms with Crippen LogP contribution in [0.15, 0.2) is 0 Å². The van der Waals surface area contributed by atoms with Gasteiger partial charge in [-0.15, -0.1) is 0 Å². The van der Waals surface area contributed by atoms with E-state index in [0.29, 0.717) is 31.8 Å². The van der Waals surface area contributed by atoms with Crippen molar-refractivity contribution in [1.82, 2.24) is 0 Å². The van der Waals surface area contributed by atoms with Gasteiger partial charge in [-0.2, -0.15) is 0 Å². The first-order valence-electron chi connectivity index (χ1n) is 9.07. The summed E-state index contributed by atoms with van der Waals surface area (Å²) in [4.78, 5) is 23.2. The Labute approximate surface area is 147 Å². The highest BCUT2D eigenvalue weighted by Crippen LogP contribution is 2.54. The maximum absolute atomic E-state index is 12.2. The summed E-state index contributed by atoms with van der Waals surface area (Å²) in [6.45, 7) is 11.7. The van der Waals surface area contributed by atoms with Crippen molar-refractivity contribution in [3.05, 3.63) is 0 Å². The van der Waals surface area contributed by atoms with E-state index in [4.69, 9.17) is 9.47 Å². The van der Waals surface area contributed by atoms with Crippen molar-refractivity contribution in [2.24, 2.45) is 0 Å². The third-order valence-corrected chi connectivity index (χ3v) is 8.72. The van der Waals surface area contributed by atoms with E-state index < -0.39 is 13.4 Å². The molecule has 0 rings (SSSR count). The lowest BCUT2D eigenvalue weighted by Crippen LogP contribution is -2.29. The van der Waals surface area contributed by atoms with E-state index in [1.807, 2.05) is 13.8 Å². The highest BCUT2D eigenvalue weighted by atomic mass is 31.2. The average Bonchev–Trinajstić information content (AvgIpc) is 2.52. The minimum Gasteiger partial charge on any atom is -0.462 e. The van der Waals surface area contributed by atoms with Gasteiger partial charge in [-0.1, -0.05) is 13.8 Å². The molecule has 6 heteroatoms. The van der Waals surface area contributed by atoms with Crippen LogP contribution in [0.2, 0.25) is 0 Å². The fourth-order valence-corrected chi connectivity index (χ4v) is 4.11. The largest absolute Gasteiger partial charge is 0.462 e. The number of rotatable bonds is 12. The summed E-state index contributed by atoms with van der Waals surface area (Å²) in [5.41, 5.74) is 0. The van der Waals surface area contributed by atoms with E-state index in [-0.39, 0.29) is 24.1 Å². The van der Waals surface area contributed by atoms with Crippen LogP contribution in [0.25, 0.3) is 0 Å². The van der Waals surface area contributed by atoms with E-state index in [1.54, 1.807) is 0 Å². The van der Waals surface area contributed by atoms with E-state index in [9.17, 15) is 14.7 Å². The summed E-state index contributed by atoms with van der Waals surface area (Å²) in [5, 5.41) is 10.2. The zero-order valence-electron chi connectivity index (χ0n) is 16.2. The summed E-state index contributed by atoms with van der Waals surface area (Å²) < 4.78 is 10.7. The molecule has 0 aliphatic carbocycles. The van der Waals surface area contributed by atoms with E-state index in [1.165, 1.54) is 6.92 Å². The predicted molar refractivity (Wildman–Crippen MR) is 100 cm³/mol. The smallest absolute Gasteiger partial charge is 0.344 e. The molecule has 0 heterocycles. The zero-order chi connectivity index (χ0) is 18.8. The average molecular weight is 363 g/mol. The molecule has 0 bridgehead atoms. The molecule has 0 spiro atoms. The van der Waals surface area contributed by atoms with Gasteiger partial charge in [-0.3, -0.25) is 4.79 Å². The van der Waals surface area contributed by atoms with Crippen LogP contribution in [0.4, 0.5) is 0 Å². The highest BCUT2D eigenvalue weighted by Gasteiger charge is 2.32. The highest BCUT2D eigenvalue weighted by molar-refractivity contribution is 7.75. The number of carbonyl (C=O) groups is 2. The molecule has 0 aromatic rings. The standard InChI is InChI=1S/C18H36O5P/c1-7-16(22-14(5)19)11-15(20)12-17(8-2)23-18(21)13-24(6,9-3)10-4/h15-17,20H,7-13H2,1-6H3/q+1. The molecule has 3 atom stereocenters. The molecule has 142 valence electrons. The second kappa shape index (κ2) is 11.8. The topological polar surface area (TPSA) is 72.8 Å². The summed E-state index contributed by atoms with van der Waals surface area (Å²) in [6.07, 6.45) is 3.44. The first kappa shape index (κ1) is 23.3. The second-order valence-electron chi connectivity index (χ2n) is 6.70. The van der Waals surface area contributed by atoms with Gasteiger partial charge in [0.15, 0.2) is 6.16 Å². The van der Waals surface area contributed by atoms with Gasteiger partial charge < -0.3 is 14.6 Å². The van der Waals surface area contributed by atoms with Crippen LogP contribution in [0, 0.1) is 0 Å². The van der Waals surface area contributed by atoms with Crippen molar-refractivity contribution < 1.29 is 24.2 Å². The van der Waals surface area contributed by atoms with Crippen LogP contribution in [0.1, 0.15) is 60.3 Å². The molecule has 0 aromatic heterocycles. The molecule has 0 aliphatic heterocycles. The number of aliphatic hydroxyl groups excluding tert-OH is 1. The maximum Gasteiger partial charge on any atom is 0.344 e. The predicted octanol–water partition coefficient (Wildman–Crippen LogP) is 3.48. The molecule has 0 saturated heterocycles. The lowest BCUT2D eigenvalue weighted by molar-refractivity contribution is -0.149. The molecule has 1 N–H and O–H groups in total. The van der Waals surface area contributed by atoms with Crippen molar-refractivity contribution in [1.29, 1.82) is 0 Å². The molecular formula is C18H36O5P+. The maximum atomic E-state index is 12.2. The van der Waals surface area contributed by atoms with Crippen molar-refractivity contribution >= 4 is 19.2 Å². The monoisotopic (exact) mass is 363 g/mol. The minimum atomic E-state index is -1.23. The summed E-state index contributed by atoms with van der Waals surface area (Å²) >= 11 is 0. The Hall–Kier alpha value is -0.670. The van der Waals surface area contributed by atoms with Gasteiger partial charge in [-0.05, 0) is 26.7 Å². The molecule has 0 aliphatic rings. The normalized spacial score (nSPS) is 15.5. The Bertz CT molecular complexity index is 382. The Balaban J connectivity index is 4.48. The molecule has 24 heavy (non-hydrogen) atoms. The lowest BCUT2D eigenvalue weighted by Gasteiger charge is -2.24. The Kier molecular flexibility index (Phi) is 11.5. The van der Waals surface area contributed by atoms with E-state index in [0.717, 1.165) is 12.3 Å². The fraction of sp³-hybridized carbons (Fsp3) is 0.889. The number of ether oxygens (including phenoxy) is 2. The van der Waals surface area contributed by atoms with Crippen LogP contribution in [-0.4, -0.2) is 60.5 Å².